The van der Waals surface area contributed by atoms with E-state index in [9.17, 15) is 31.1 Å². The standard InChI is InChI=1S/C19H16F6N6O/c20-18(21,22)10-31(11-19(23,24)25)17(32)30-5-4-15-13(9-30)8-27-16(29-15)28-14-3-1-2-12(6-14)7-26/h1-3,6,8H,4-5,9-11H2,(H,27,28,29). The van der Waals surface area contributed by atoms with Crippen molar-refractivity contribution in [1.82, 2.24) is 19.8 Å². The molecular weight excluding hydrogens is 442 g/mol. The number of benzene rings is 1. The highest BCUT2D eigenvalue weighted by Gasteiger charge is 2.41. The van der Waals surface area contributed by atoms with Crippen LogP contribution in [-0.2, 0) is 13.0 Å². The zero-order chi connectivity index (χ0) is 23.5. The maximum absolute atomic E-state index is 12.7. The van der Waals surface area contributed by atoms with Crippen molar-refractivity contribution >= 4 is 17.7 Å². The lowest BCUT2D eigenvalue weighted by molar-refractivity contribution is -0.172. The maximum Gasteiger partial charge on any atom is 0.406 e. The molecule has 7 nitrogen and oxygen atoms in total. The van der Waals surface area contributed by atoms with Crippen molar-refractivity contribution in [3.8, 4) is 6.07 Å². The van der Waals surface area contributed by atoms with Gasteiger partial charge in [0.1, 0.15) is 13.1 Å². The highest BCUT2D eigenvalue weighted by molar-refractivity contribution is 5.75. The van der Waals surface area contributed by atoms with E-state index in [2.05, 4.69) is 15.3 Å². The van der Waals surface area contributed by atoms with Gasteiger partial charge >= 0.3 is 18.4 Å². The van der Waals surface area contributed by atoms with Crippen molar-refractivity contribution in [2.24, 2.45) is 0 Å². The fourth-order valence-corrected chi connectivity index (χ4v) is 3.16. The Morgan fingerprint density at radius 1 is 1.19 bits per heavy atom. The summed E-state index contributed by atoms with van der Waals surface area (Å²) in [5, 5.41) is 11.9. The number of anilines is 2. The van der Waals surface area contributed by atoms with Crippen LogP contribution >= 0.6 is 0 Å². The van der Waals surface area contributed by atoms with Gasteiger partial charge in [-0.1, -0.05) is 6.07 Å². The van der Waals surface area contributed by atoms with Crippen molar-refractivity contribution in [2.45, 2.75) is 25.3 Å². The lowest BCUT2D eigenvalue weighted by Crippen LogP contribution is -2.51. The van der Waals surface area contributed by atoms with Gasteiger partial charge in [-0.15, -0.1) is 0 Å². The number of rotatable bonds is 4. The van der Waals surface area contributed by atoms with Gasteiger partial charge in [-0.3, -0.25) is 0 Å². The van der Waals surface area contributed by atoms with Crippen LogP contribution in [0.3, 0.4) is 0 Å². The Balaban J connectivity index is 1.73. The fraction of sp³-hybridized carbons (Fsp3) is 0.368. The molecule has 0 saturated carbocycles. The van der Waals surface area contributed by atoms with Gasteiger partial charge in [0.15, 0.2) is 0 Å². The average molecular weight is 458 g/mol. The van der Waals surface area contributed by atoms with Crippen molar-refractivity contribution < 1.29 is 31.1 Å². The predicted octanol–water partition coefficient (Wildman–Crippen LogP) is 4.00. The number of amides is 2. The molecule has 3 rings (SSSR count). The number of halogens is 6. The lowest BCUT2D eigenvalue weighted by Gasteiger charge is -2.34. The molecule has 13 heteroatoms. The van der Waals surface area contributed by atoms with Crippen LogP contribution in [0, 0.1) is 11.3 Å². The number of hydrogen-bond acceptors (Lipinski definition) is 5. The second-order valence-corrected chi connectivity index (χ2v) is 7.02. The molecule has 2 heterocycles. The Kier molecular flexibility index (Phi) is 6.42. The SMILES string of the molecule is N#Cc1cccc(Nc2ncc3c(n2)CCN(C(=O)N(CC(F)(F)F)CC(F)(F)F)C3)c1. The number of nitrogens with zero attached hydrogens (tertiary/aromatic N) is 5. The first-order valence-electron chi connectivity index (χ1n) is 9.23. The lowest BCUT2D eigenvalue weighted by atomic mass is 10.1. The summed E-state index contributed by atoms with van der Waals surface area (Å²) < 4.78 is 76.2. The third-order valence-corrected chi connectivity index (χ3v) is 4.46. The van der Waals surface area contributed by atoms with Crippen LogP contribution in [0.15, 0.2) is 30.5 Å². The number of alkyl halides is 6. The second-order valence-electron chi connectivity index (χ2n) is 7.02. The number of hydrogen-bond donors (Lipinski definition) is 1. The summed E-state index contributed by atoms with van der Waals surface area (Å²) in [4.78, 5) is 21.4. The Morgan fingerprint density at radius 3 is 2.50 bits per heavy atom. The van der Waals surface area contributed by atoms with Gasteiger partial charge in [0.2, 0.25) is 5.95 Å². The van der Waals surface area contributed by atoms with Crippen LogP contribution in [0.5, 0.6) is 0 Å². The fourth-order valence-electron chi connectivity index (χ4n) is 3.16. The predicted molar refractivity (Wildman–Crippen MR) is 99.7 cm³/mol. The van der Waals surface area contributed by atoms with Crippen LogP contribution in [0.25, 0.3) is 0 Å². The average Bonchev–Trinajstić information content (AvgIpc) is 2.70. The van der Waals surface area contributed by atoms with E-state index in [-0.39, 0.29) is 30.4 Å². The van der Waals surface area contributed by atoms with E-state index in [1.165, 1.54) is 6.20 Å². The molecule has 1 N–H and O–H groups in total. The van der Waals surface area contributed by atoms with Crippen LogP contribution < -0.4 is 5.32 Å². The number of carbonyl (C=O) groups is 1. The van der Waals surface area contributed by atoms with Gasteiger partial charge in [0, 0.05) is 30.4 Å². The molecule has 0 bridgehead atoms. The number of nitriles is 1. The Hall–Kier alpha value is -3.56. The topological polar surface area (TPSA) is 85.1 Å². The number of carbonyl (C=O) groups excluding carboxylic acids is 1. The molecule has 32 heavy (non-hydrogen) atoms. The van der Waals surface area contributed by atoms with E-state index in [4.69, 9.17) is 5.26 Å². The van der Waals surface area contributed by atoms with E-state index in [0.717, 1.165) is 4.90 Å². The third kappa shape index (κ3) is 6.22. The minimum absolute atomic E-state index is 0.0988. The zero-order valence-electron chi connectivity index (χ0n) is 16.3. The van der Waals surface area contributed by atoms with E-state index in [1.807, 2.05) is 6.07 Å². The summed E-state index contributed by atoms with van der Waals surface area (Å²) in [5.41, 5.74) is 1.91. The van der Waals surface area contributed by atoms with Gasteiger partial charge in [0.05, 0.1) is 23.9 Å². The molecule has 1 aliphatic rings. The van der Waals surface area contributed by atoms with Crippen LogP contribution in [0.4, 0.5) is 42.8 Å². The molecule has 0 aliphatic carbocycles. The first kappa shape index (κ1) is 23.1. The minimum atomic E-state index is -4.97. The molecule has 2 amide bonds. The molecule has 0 atom stereocenters. The molecule has 2 aromatic rings. The van der Waals surface area contributed by atoms with Crippen LogP contribution in [-0.4, -0.2) is 57.8 Å². The quantitative estimate of drug-likeness (QED) is 0.701. The van der Waals surface area contributed by atoms with Gasteiger partial charge in [-0.25, -0.2) is 14.8 Å². The number of aromatic nitrogens is 2. The Labute approximate surface area is 178 Å². The molecule has 0 unspecified atom stereocenters. The molecule has 1 aliphatic heterocycles. The molecule has 0 spiro atoms. The van der Waals surface area contributed by atoms with Gasteiger partial charge < -0.3 is 15.1 Å². The zero-order valence-corrected chi connectivity index (χ0v) is 16.3. The van der Waals surface area contributed by atoms with Crippen molar-refractivity contribution in [1.29, 1.82) is 5.26 Å². The first-order valence-corrected chi connectivity index (χ1v) is 9.23. The van der Waals surface area contributed by atoms with Crippen molar-refractivity contribution in [2.75, 3.05) is 25.0 Å². The first-order chi connectivity index (χ1) is 14.9. The molecule has 1 aromatic carbocycles. The van der Waals surface area contributed by atoms with Gasteiger partial charge in [0.25, 0.3) is 0 Å². The smallest absolute Gasteiger partial charge is 0.324 e. The van der Waals surface area contributed by atoms with Crippen molar-refractivity contribution in [3.05, 3.63) is 47.3 Å². The third-order valence-electron chi connectivity index (χ3n) is 4.46. The Bertz CT molecular complexity index is 1020. The van der Waals surface area contributed by atoms with Crippen molar-refractivity contribution in [3.63, 3.8) is 0 Å². The van der Waals surface area contributed by atoms with Gasteiger partial charge in [-0.05, 0) is 18.2 Å². The summed E-state index contributed by atoms with van der Waals surface area (Å²) in [7, 11) is 0. The number of urea groups is 1. The summed E-state index contributed by atoms with van der Waals surface area (Å²) >= 11 is 0. The summed E-state index contributed by atoms with van der Waals surface area (Å²) in [5.74, 6) is 0.203. The second kappa shape index (κ2) is 8.89. The Morgan fingerprint density at radius 2 is 1.88 bits per heavy atom. The largest absolute Gasteiger partial charge is 0.406 e. The van der Waals surface area contributed by atoms with Crippen LogP contribution in [0.1, 0.15) is 16.8 Å². The number of nitrogens with one attached hydrogen (secondary N) is 1. The van der Waals surface area contributed by atoms with Crippen LogP contribution in [0.2, 0.25) is 0 Å². The summed E-state index contributed by atoms with van der Waals surface area (Å²) in [6.45, 7) is -4.32. The molecule has 0 fully saturated rings. The van der Waals surface area contributed by atoms with E-state index in [1.54, 1.807) is 24.3 Å². The minimum Gasteiger partial charge on any atom is -0.324 e. The highest BCUT2D eigenvalue weighted by Crippen LogP contribution is 2.25. The molecule has 1 aromatic heterocycles. The van der Waals surface area contributed by atoms with Gasteiger partial charge in [-0.2, -0.15) is 31.6 Å². The van der Waals surface area contributed by atoms with E-state index in [0.29, 0.717) is 22.5 Å². The summed E-state index contributed by atoms with van der Waals surface area (Å²) in [6.07, 6.45) is -8.46. The highest BCUT2D eigenvalue weighted by atomic mass is 19.4. The molecule has 0 radical (unpaired) electrons. The maximum atomic E-state index is 12.7. The number of fused-ring (bicyclic) bond motifs is 1. The molecule has 170 valence electrons. The molecular formula is C19H16F6N6O. The van der Waals surface area contributed by atoms with E-state index >= 15 is 0 Å². The van der Waals surface area contributed by atoms with E-state index < -0.39 is 31.5 Å². The summed E-state index contributed by atoms with van der Waals surface area (Å²) in [6, 6.07) is 7.19. The monoisotopic (exact) mass is 458 g/mol. The normalized spacial score (nSPS) is 13.8. The molecule has 0 saturated heterocycles.